The van der Waals surface area contributed by atoms with Gasteiger partial charge in [-0.2, -0.15) is 0 Å². The maximum absolute atomic E-state index is 14.8. The smallest absolute Gasteiger partial charge is 0.354 e. The van der Waals surface area contributed by atoms with Gasteiger partial charge in [0.25, 0.3) is 0 Å². The molecule has 3 aliphatic rings. The lowest BCUT2D eigenvalue weighted by atomic mass is 9.88. The topological polar surface area (TPSA) is 114 Å². The zero-order valence-electron chi connectivity index (χ0n) is 18.4. The number of nitrogens with zero attached hydrogens (tertiary/aromatic N) is 1. The van der Waals surface area contributed by atoms with Gasteiger partial charge in [0.1, 0.15) is 5.82 Å². The van der Waals surface area contributed by atoms with Crippen LogP contribution >= 0.6 is 0 Å². The van der Waals surface area contributed by atoms with Gasteiger partial charge in [-0.3, -0.25) is 0 Å². The molecule has 9 heteroatoms. The second-order valence-electron chi connectivity index (χ2n) is 9.25. The van der Waals surface area contributed by atoms with Crippen molar-refractivity contribution in [1.82, 2.24) is 0 Å². The molecule has 1 heterocycles. The number of amides is 2. The van der Waals surface area contributed by atoms with E-state index in [1.54, 1.807) is 27.7 Å². The van der Waals surface area contributed by atoms with Gasteiger partial charge in [0.2, 0.25) is 5.44 Å². The van der Waals surface area contributed by atoms with Crippen LogP contribution in [0.5, 0.6) is 0 Å². The fourth-order valence-corrected chi connectivity index (χ4v) is 6.91. The number of fused-ring (bicyclic) bond motifs is 2. The molecule has 3 unspecified atom stereocenters. The summed E-state index contributed by atoms with van der Waals surface area (Å²) in [5, 5.41) is 19.2. The number of halogens is 1. The third-order valence-electron chi connectivity index (χ3n) is 6.55. The van der Waals surface area contributed by atoms with Crippen LogP contribution < -0.4 is 10.5 Å². The van der Waals surface area contributed by atoms with E-state index in [1.807, 2.05) is 0 Å². The maximum atomic E-state index is 14.8. The first-order valence-corrected chi connectivity index (χ1v) is 12.4. The standard InChI is InChI=1S/C22H30FN3O4S/c1-11-17(22(3,4)28)12(2)30-20(11)31(24,29)26-21(27)25-19-15-9-5-7-13(15)18(23)14-8-6-10-16(14)19/h11,20,28H,5-10H2,1-4H3,(H3,24,25,26,27,29). The Morgan fingerprint density at radius 3 is 2.19 bits per heavy atom. The number of benzene rings is 1. The molecule has 0 fully saturated rings. The Balaban J connectivity index is 1.64. The summed E-state index contributed by atoms with van der Waals surface area (Å²) in [4.78, 5) is 12.8. The van der Waals surface area contributed by atoms with E-state index in [0.29, 0.717) is 53.8 Å². The van der Waals surface area contributed by atoms with Crippen LogP contribution in [0.2, 0.25) is 0 Å². The Labute approximate surface area is 182 Å². The van der Waals surface area contributed by atoms with E-state index in [-0.39, 0.29) is 5.82 Å². The summed E-state index contributed by atoms with van der Waals surface area (Å²) in [5.74, 6) is -0.173. The van der Waals surface area contributed by atoms with Crippen LogP contribution in [0, 0.1) is 11.7 Å². The van der Waals surface area contributed by atoms with E-state index in [0.717, 1.165) is 24.0 Å². The monoisotopic (exact) mass is 451 g/mol. The molecule has 1 aromatic carbocycles. The molecule has 2 aliphatic carbocycles. The van der Waals surface area contributed by atoms with Gasteiger partial charge < -0.3 is 15.2 Å². The second kappa shape index (κ2) is 7.56. The number of allylic oxidation sites excluding steroid dienone is 1. The molecule has 3 atom stereocenters. The molecule has 0 saturated heterocycles. The molecule has 1 aliphatic heterocycles. The quantitative estimate of drug-likeness (QED) is 0.650. The molecular formula is C22H30FN3O4S. The summed E-state index contributed by atoms with van der Waals surface area (Å²) in [7, 11) is -3.58. The van der Waals surface area contributed by atoms with Crippen molar-refractivity contribution in [3.63, 3.8) is 0 Å². The van der Waals surface area contributed by atoms with Crippen LogP contribution in [0.4, 0.5) is 14.9 Å². The van der Waals surface area contributed by atoms with Gasteiger partial charge in [0.15, 0.2) is 9.92 Å². The first-order valence-electron chi connectivity index (χ1n) is 10.7. The fraction of sp³-hybridized carbons (Fsp3) is 0.591. The molecule has 170 valence electrons. The van der Waals surface area contributed by atoms with Crippen LogP contribution in [-0.2, 0) is 40.3 Å². The number of carbonyl (C=O) groups is 1. The van der Waals surface area contributed by atoms with Crippen molar-refractivity contribution in [2.75, 3.05) is 5.32 Å². The van der Waals surface area contributed by atoms with Crippen molar-refractivity contribution in [2.24, 2.45) is 15.4 Å². The van der Waals surface area contributed by atoms with E-state index < -0.39 is 32.9 Å². The van der Waals surface area contributed by atoms with Crippen LogP contribution in [0.15, 0.2) is 15.7 Å². The number of hydrogen-bond acceptors (Lipinski definition) is 4. The zero-order valence-corrected chi connectivity index (χ0v) is 19.2. The molecule has 7 nitrogen and oxygen atoms in total. The van der Waals surface area contributed by atoms with Crippen molar-refractivity contribution < 1.29 is 23.2 Å². The molecule has 2 amide bonds. The van der Waals surface area contributed by atoms with Crippen LogP contribution in [-0.4, -0.2) is 26.4 Å². The van der Waals surface area contributed by atoms with E-state index in [2.05, 4.69) is 9.68 Å². The number of rotatable bonds is 3. The SMILES string of the molecule is CC1=C(C(C)(C)O)C(C)C(S(N)(=O)=NC(=O)Nc2c3c(c(F)c4c2CCC4)CCC3)O1. The highest BCUT2D eigenvalue weighted by Crippen LogP contribution is 2.42. The number of hydrogen-bond donors (Lipinski definition) is 3. The summed E-state index contributed by atoms with van der Waals surface area (Å²) in [6.07, 6.45) is 4.35. The van der Waals surface area contributed by atoms with Crippen molar-refractivity contribution in [3.05, 3.63) is 39.4 Å². The Kier molecular flexibility index (Phi) is 5.43. The first-order chi connectivity index (χ1) is 14.4. The summed E-state index contributed by atoms with van der Waals surface area (Å²) >= 11 is 0. The van der Waals surface area contributed by atoms with Gasteiger partial charge in [0, 0.05) is 17.2 Å². The number of nitrogens with two attached hydrogens (primary N) is 1. The maximum Gasteiger partial charge on any atom is 0.354 e. The molecule has 31 heavy (non-hydrogen) atoms. The number of aliphatic hydroxyl groups is 1. The van der Waals surface area contributed by atoms with Crippen LogP contribution in [0.3, 0.4) is 0 Å². The van der Waals surface area contributed by atoms with Crippen LogP contribution in [0.1, 0.15) is 62.8 Å². The first kappa shape index (κ1) is 22.2. The average molecular weight is 452 g/mol. The minimum absolute atomic E-state index is 0.133. The third-order valence-corrected chi connectivity index (χ3v) is 8.18. The van der Waals surface area contributed by atoms with E-state index in [9.17, 15) is 18.5 Å². The summed E-state index contributed by atoms with van der Waals surface area (Å²) in [6.45, 7) is 6.65. The molecule has 0 aromatic heterocycles. The lowest BCUT2D eigenvalue weighted by molar-refractivity contribution is 0.109. The molecule has 4 N–H and O–H groups in total. The van der Waals surface area contributed by atoms with Gasteiger partial charge in [-0.15, -0.1) is 4.36 Å². The van der Waals surface area contributed by atoms with Crippen molar-refractivity contribution in [1.29, 1.82) is 0 Å². The summed E-state index contributed by atoms with van der Waals surface area (Å²) in [6, 6.07) is -0.826. The molecule has 1 aromatic rings. The lowest BCUT2D eigenvalue weighted by Crippen LogP contribution is -2.37. The van der Waals surface area contributed by atoms with Gasteiger partial charge in [0.05, 0.1) is 11.4 Å². The Morgan fingerprint density at radius 1 is 1.19 bits per heavy atom. The molecule has 0 bridgehead atoms. The fourth-order valence-electron chi connectivity index (χ4n) is 5.50. The summed E-state index contributed by atoms with van der Waals surface area (Å²) in [5.41, 5.74) is 1.95. The molecule has 0 radical (unpaired) electrons. The van der Waals surface area contributed by atoms with E-state index >= 15 is 0 Å². The van der Waals surface area contributed by atoms with Gasteiger partial charge in [-0.05, 0) is 81.5 Å². The summed E-state index contributed by atoms with van der Waals surface area (Å²) < 4.78 is 37.5. The number of urea groups is 1. The minimum atomic E-state index is -3.58. The molecule has 0 saturated carbocycles. The highest BCUT2D eigenvalue weighted by Gasteiger charge is 2.43. The zero-order chi connectivity index (χ0) is 22.7. The normalized spacial score (nSPS) is 24.5. The Hall–Kier alpha value is -1.97. The molecule has 4 rings (SSSR count). The van der Waals surface area contributed by atoms with Crippen molar-refractivity contribution in [3.8, 4) is 0 Å². The predicted octanol–water partition coefficient (Wildman–Crippen LogP) is 3.71. The number of nitrogens with one attached hydrogen (secondary N) is 1. The van der Waals surface area contributed by atoms with Gasteiger partial charge in [-0.1, -0.05) is 6.92 Å². The Bertz CT molecular complexity index is 1080. The number of anilines is 1. The van der Waals surface area contributed by atoms with Gasteiger partial charge in [-0.25, -0.2) is 18.5 Å². The van der Waals surface area contributed by atoms with Gasteiger partial charge >= 0.3 is 6.03 Å². The van der Waals surface area contributed by atoms with Crippen molar-refractivity contribution in [2.45, 2.75) is 77.3 Å². The molecular weight excluding hydrogens is 421 g/mol. The van der Waals surface area contributed by atoms with Crippen molar-refractivity contribution >= 4 is 21.6 Å². The lowest BCUT2D eigenvalue weighted by Gasteiger charge is -2.24. The number of carbonyl (C=O) groups excluding carboxylic acids is 1. The highest BCUT2D eigenvalue weighted by atomic mass is 32.2. The second-order valence-corrected chi connectivity index (χ2v) is 11.1. The highest BCUT2D eigenvalue weighted by molar-refractivity contribution is 7.92. The number of ether oxygens (including phenoxy) is 1. The predicted molar refractivity (Wildman–Crippen MR) is 117 cm³/mol. The third kappa shape index (κ3) is 3.76. The Morgan fingerprint density at radius 2 is 1.71 bits per heavy atom. The molecule has 0 spiro atoms. The average Bonchev–Trinajstić information content (AvgIpc) is 3.35. The minimum Gasteiger partial charge on any atom is -0.479 e. The van der Waals surface area contributed by atoms with Crippen LogP contribution in [0.25, 0.3) is 0 Å². The van der Waals surface area contributed by atoms with E-state index in [4.69, 9.17) is 9.88 Å². The largest absolute Gasteiger partial charge is 0.479 e. The van der Waals surface area contributed by atoms with E-state index in [1.165, 1.54) is 0 Å².